The molecule has 0 saturated carbocycles. The number of nitrogens with zero attached hydrogens (tertiary/aromatic N) is 2. The molecule has 0 radical (unpaired) electrons. The Morgan fingerprint density at radius 1 is 0.340 bits per heavy atom. The first-order chi connectivity index (χ1) is 24.7. The van der Waals surface area contributed by atoms with Crippen LogP contribution in [-0.4, -0.2) is 19.9 Å². The van der Waals surface area contributed by atoms with Crippen molar-refractivity contribution in [2.24, 2.45) is 0 Å². The van der Waals surface area contributed by atoms with E-state index in [1.807, 2.05) is 0 Å². The van der Waals surface area contributed by atoms with E-state index in [9.17, 15) is 0 Å². The summed E-state index contributed by atoms with van der Waals surface area (Å²) in [4.78, 5) is 18.1. The maximum atomic E-state index is 5.38. The van der Waals surface area contributed by atoms with Crippen molar-refractivity contribution in [3.05, 3.63) is 168 Å². The summed E-state index contributed by atoms with van der Waals surface area (Å²) in [7, 11) is 0. The molecule has 50 heavy (non-hydrogen) atoms. The third-order valence-electron chi connectivity index (χ3n) is 9.71. The van der Waals surface area contributed by atoms with Gasteiger partial charge in [0, 0.05) is 38.8 Å². The van der Waals surface area contributed by atoms with Crippen molar-refractivity contribution in [2.45, 2.75) is 0 Å². The average molecular weight is 639 g/mol. The van der Waals surface area contributed by atoms with Gasteiger partial charge in [-0.05, 0) is 105 Å². The van der Waals surface area contributed by atoms with Crippen LogP contribution in [0.15, 0.2) is 146 Å². The topological polar surface area (TPSA) is 57.4 Å². The molecule has 2 aliphatic heterocycles. The van der Waals surface area contributed by atoms with E-state index in [-0.39, 0.29) is 0 Å². The normalized spacial score (nSPS) is 12.2. The molecule has 8 bridgehead atoms. The van der Waals surface area contributed by atoms with Gasteiger partial charge in [-0.1, -0.05) is 103 Å². The third-order valence-corrected chi connectivity index (χ3v) is 9.71. The molecule has 2 N–H and O–H groups in total. The average Bonchev–Trinajstić information content (AvgIpc) is 4.00. The van der Waals surface area contributed by atoms with Crippen LogP contribution in [0.3, 0.4) is 0 Å². The van der Waals surface area contributed by atoms with E-state index in [1.165, 1.54) is 21.5 Å². The Hall–Kier alpha value is -6.78. The van der Waals surface area contributed by atoms with Crippen LogP contribution in [0.5, 0.6) is 0 Å². The minimum atomic E-state index is 0.892. The second-order valence-corrected chi connectivity index (χ2v) is 12.8. The summed E-state index contributed by atoms with van der Waals surface area (Å²) >= 11 is 0. The van der Waals surface area contributed by atoms with Gasteiger partial charge in [0.1, 0.15) is 0 Å². The lowest BCUT2D eigenvalue weighted by atomic mass is 10.00. The summed E-state index contributed by atoms with van der Waals surface area (Å²) in [6, 6.07) is 51.5. The molecule has 4 nitrogen and oxygen atoms in total. The van der Waals surface area contributed by atoms with Crippen molar-refractivity contribution in [1.82, 2.24) is 19.9 Å². The van der Waals surface area contributed by atoms with Crippen molar-refractivity contribution >= 4 is 67.9 Å². The molecule has 0 spiro atoms. The predicted molar refractivity (Wildman–Crippen MR) is 210 cm³/mol. The molecule has 0 amide bonds. The molecule has 0 saturated heterocycles. The molecule has 10 rings (SSSR count). The van der Waals surface area contributed by atoms with Gasteiger partial charge in [-0.3, -0.25) is 0 Å². The molecule has 8 aromatic rings. The first kappa shape index (κ1) is 28.3. The van der Waals surface area contributed by atoms with Crippen LogP contribution in [0.25, 0.3) is 101 Å². The number of aromatic amines is 2. The van der Waals surface area contributed by atoms with Gasteiger partial charge in [-0.2, -0.15) is 0 Å². The van der Waals surface area contributed by atoms with E-state index in [0.29, 0.717) is 0 Å². The zero-order valence-corrected chi connectivity index (χ0v) is 27.1. The number of rotatable bonds is 3. The first-order valence-electron chi connectivity index (χ1n) is 16.9. The number of nitrogens with one attached hydrogen (secondary N) is 2. The van der Waals surface area contributed by atoms with Crippen molar-refractivity contribution in [1.29, 1.82) is 0 Å². The standard InChI is InChI=1S/C46H30N4/c1-2-10-31(11-3-1)44-40-22-24-42(49-40)45(34-16-14-29-8-4-6-12-32(29)26-34)38-20-18-36(47-38)28-37-19-21-39(48-37)46(43-25-23-41(44)50-43)35-17-15-30-9-5-7-13-33(30)27-35/h1-28,47,50H. The van der Waals surface area contributed by atoms with Crippen LogP contribution in [-0.2, 0) is 0 Å². The lowest BCUT2D eigenvalue weighted by Gasteiger charge is -2.07. The number of fused-ring (bicyclic) bond motifs is 10. The number of hydrogen-bond donors (Lipinski definition) is 2. The summed E-state index contributed by atoms with van der Waals surface area (Å²) < 4.78 is 0. The van der Waals surface area contributed by atoms with E-state index in [1.54, 1.807) is 0 Å². The molecule has 5 heterocycles. The molecule has 2 aliphatic rings. The van der Waals surface area contributed by atoms with E-state index < -0.39 is 0 Å². The highest BCUT2D eigenvalue weighted by molar-refractivity contribution is 6.00. The van der Waals surface area contributed by atoms with E-state index in [0.717, 1.165) is 78.2 Å². The van der Waals surface area contributed by atoms with Gasteiger partial charge in [0.25, 0.3) is 0 Å². The van der Waals surface area contributed by atoms with Crippen LogP contribution in [0.1, 0.15) is 22.8 Å². The highest BCUT2D eigenvalue weighted by Crippen LogP contribution is 2.37. The Labute approximate surface area is 288 Å². The number of H-pyrrole nitrogens is 2. The smallest absolute Gasteiger partial charge is 0.0737 e. The Bertz CT molecular complexity index is 2790. The molecule has 5 aromatic carbocycles. The van der Waals surface area contributed by atoms with Gasteiger partial charge < -0.3 is 9.97 Å². The van der Waals surface area contributed by atoms with Crippen LogP contribution < -0.4 is 0 Å². The van der Waals surface area contributed by atoms with Gasteiger partial charge in [0.15, 0.2) is 0 Å². The largest absolute Gasteiger partial charge is 0.355 e. The number of hydrogen-bond acceptors (Lipinski definition) is 2. The minimum Gasteiger partial charge on any atom is -0.355 e. The van der Waals surface area contributed by atoms with Crippen molar-refractivity contribution in [3.63, 3.8) is 0 Å². The fourth-order valence-electron chi connectivity index (χ4n) is 7.34. The molecule has 0 fully saturated rings. The number of benzene rings is 5. The van der Waals surface area contributed by atoms with Crippen LogP contribution in [0, 0.1) is 0 Å². The third kappa shape index (κ3) is 4.85. The van der Waals surface area contributed by atoms with Gasteiger partial charge in [0.05, 0.1) is 22.8 Å². The highest BCUT2D eigenvalue weighted by atomic mass is 14.8. The fourth-order valence-corrected chi connectivity index (χ4v) is 7.34. The second kappa shape index (κ2) is 11.4. The quantitative estimate of drug-likeness (QED) is 0.202. The van der Waals surface area contributed by atoms with Gasteiger partial charge in [-0.15, -0.1) is 0 Å². The summed E-state index contributed by atoms with van der Waals surface area (Å²) in [5.41, 5.74) is 14.1. The summed E-state index contributed by atoms with van der Waals surface area (Å²) in [5.74, 6) is 0. The maximum absolute atomic E-state index is 5.38. The van der Waals surface area contributed by atoms with Crippen LogP contribution >= 0.6 is 0 Å². The monoisotopic (exact) mass is 638 g/mol. The second-order valence-electron chi connectivity index (χ2n) is 12.8. The minimum absolute atomic E-state index is 0.892. The van der Waals surface area contributed by atoms with Crippen LogP contribution in [0.2, 0.25) is 0 Å². The predicted octanol–water partition coefficient (Wildman–Crippen LogP) is 12.0. The molecule has 4 heteroatoms. The molecule has 0 atom stereocenters. The molecule has 3 aromatic heterocycles. The summed E-state index contributed by atoms with van der Waals surface area (Å²) in [6.45, 7) is 0. The van der Waals surface area contributed by atoms with E-state index >= 15 is 0 Å². The van der Waals surface area contributed by atoms with Crippen molar-refractivity contribution in [2.75, 3.05) is 0 Å². The van der Waals surface area contributed by atoms with E-state index in [2.05, 4.69) is 180 Å². The van der Waals surface area contributed by atoms with Crippen molar-refractivity contribution in [3.8, 4) is 33.4 Å². The molecular formula is C46H30N4. The number of aromatic nitrogens is 4. The molecule has 0 aliphatic carbocycles. The zero-order valence-electron chi connectivity index (χ0n) is 27.1. The Morgan fingerprint density at radius 2 is 0.840 bits per heavy atom. The first-order valence-corrected chi connectivity index (χ1v) is 16.9. The van der Waals surface area contributed by atoms with Gasteiger partial charge >= 0.3 is 0 Å². The fraction of sp³-hybridized carbons (Fsp3) is 0. The maximum Gasteiger partial charge on any atom is 0.0737 e. The summed E-state index contributed by atoms with van der Waals surface area (Å²) in [6.07, 6.45) is 8.51. The van der Waals surface area contributed by atoms with Crippen molar-refractivity contribution < 1.29 is 0 Å². The Morgan fingerprint density at radius 3 is 1.48 bits per heavy atom. The Balaban J connectivity index is 1.32. The summed E-state index contributed by atoms with van der Waals surface area (Å²) in [5, 5.41) is 4.80. The van der Waals surface area contributed by atoms with Gasteiger partial charge in [0.2, 0.25) is 0 Å². The lowest BCUT2D eigenvalue weighted by Crippen LogP contribution is -1.89. The van der Waals surface area contributed by atoms with Gasteiger partial charge in [-0.25, -0.2) is 9.97 Å². The lowest BCUT2D eigenvalue weighted by molar-refractivity contribution is 1.31. The van der Waals surface area contributed by atoms with E-state index in [4.69, 9.17) is 9.97 Å². The highest BCUT2D eigenvalue weighted by Gasteiger charge is 2.17. The molecule has 0 unspecified atom stereocenters. The molecule has 234 valence electrons. The SMILES string of the molecule is C1=Cc2nc1cc1ccc([nH]1)c(-c1ccc3ccccc3c1)c1nc(c(-c3ccccc3)c3ccc([nH]3)c2-c2ccc3ccccc3c2)C=C1. The Kier molecular flexibility index (Phi) is 6.46. The van der Waals surface area contributed by atoms with Crippen LogP contribution in [0.4, 0.5) is 0 Å². The molecular weight excluding hydrogens is 609 g/mol. The zero-order chi connectivity index (χ0) is 33.0.